The monoisotopic (exact) mass is 382 g/mol. The number of halogens is 3. The highest BCUT2D eigenvalue weighted by molar-refractivity contribution is 5.89. The molecule has 0 bridgehead atoms. The zero-order chi connectivity index (χ0) is 20.0. The summed E-state index contributed by atoms with van der Waals surface area (Å²) < 4.78 is 43.4. The van der Waals surface area contributed by atoms with E-state index in [0.717, 1.165) is 17.8 Å². The number of rotatable bonds is 6. The second-order valence-corrected chi connectivity index (χ2v) is 5.64. The zero-order valence-corrected chi connectivity index (χ0v) is 14.4. The standard InChI is InChI=1S/C18H17F3N2O4/c1-27-17(26)13-6-4-12(5-7-13)8-9-22-15(24)11-23-10-2-3-14(16(23)25)18(19,20)21/h2-7,10H,8-9,11H2,1H3,(H,22,24). The summed E-state index contributed by atoms with van der Waals surface area (Å²) in [6.45, 7) is -0.284. The van der Waals surface area contributed by atoms with Gasteiger partial charge in [-0.05, 0) is 36.2 Å². The number of carbonyl (C=O) groups is 2. The summed E-state index contributed by atoms with van der Waals surface area (Å²) in [5.41, 5.74) is -1.34. The maximum atomic E-state index is 12.7. The van der Waals surface area contributed by atoms with E-state index in [4.69, 9.17) is 0 Å². The molecule has 0 unspecified atom stereocenters. The Morgan fingerprint density at radius 3 is 2.41 bits per heavy atom. The molecule has 2 aromatic rings. The summed E-state index contributed by atoms with van der Waals surface area (Å²) in [7, 11) is 1.28. The summed E-state index contributed by atoms with van der Waals surface area (Å²) in [6, 6.07) is 8.33. The summed E-state index contributed by atoms with van der Waals surface area (Å²) >= 11 is 0. The van der Waals surface area contributed by atoms with Crippen molar-refractivity contribution in [1.82, 2.24) is 9.88 Å². The van der Waals surface area contributed by atoms with Gasteiger partial charge in [0.05, 0.1) is 12.7 Å². The summed E-state index contributed by atoms with van der Waals surface area (Å²) in [6.07, 6.45) is -3.19. The van der Waals surface area contributed by atoms with Crippen LogP contribution in [0.3, 0.4) is 0 Å². The first kappa shape index (κ1) is 20.2. The van der Waals surface area contributed by atoms with Crippen LogP contribution >= 0.6 is 0 Å². The maximum Gasteiger partial charge on any atom is 0.421 e. The van der Waals surface area contributed by atoms with Gasteiger partial charge in [-0.1, -0.05) is 12.1 Å². The number of hydrogen-bond donors (Lipinski definition) is 1. The third-order valence-electron chi connectivity index (χ3n) is 3.75. The lowest BCUT2D eigenvalue weighted by Gasteiger charge is -2.10. The van der Waals surface area contributed by atoms with Gasteiger partial charge in [-0.2, -0.15) is 13.2 Å². The van der Waals surface area contributed by atoms with Crippen molar-refractivity contribution >= 4 is 11.9 Å². The van der Waals surface area contributed by atoms with Crippen molar-refractivity contribution in [3.63, 3.8) is 0 Å². The van der Waals surface area contributed by atoms with Crippen molar-refractivity contribution in [2.45, 2.75) is 19.1 Å². The average molecular weight is 382 g/mol. The largest absolute Gasteiger partial charge is 0.465 e. The van der Waals surface area contributed by atoms with E-state index >= 15 is 0 Å². The fourth-order valence-corrected chi connectivity index (χ4v) is 2.36. The minimum absolute atomic E-state index is 0.226. The van der Waals surface area contributed by atoms with E-state index in [1.54, 1.807) is 24.3 Å². The lowest BCUT2D eigenvalue weighted by atomic mass is 10.1. The number of nitrogens with one attached hydrogen (secondary N) is 1. The average Bonchev–Trinajstić information content (AvgIpc) is 2.62. The quantitative estimate of drug-likeness (QED) is 0.776. The Labute approximate surface area is 152 Å². The molecule has 0 aliphatic carbocycles. The first-order valence-electron chi connectivity index (χ1n) is 7.93. The highest BCUT2D eigenvalue weighted by atomic mass is 19.4. The zero-order valence-electron chi connectivity index (χ0n) is 14.4. The number of ether oxygens (including phenoxy) is 1. The third kappa shape index (κ3) is 5.44. The molecule has 0 saturated heterocycles. The second kappa shape index (κ2) is 8.52. The van der Waals surface area contributed by atoms with Gasteiger partial charge >= 0.3 is 12.1 Å². The van der Waals surface area contributed by atoms with Crippen molar-refractivity contribution in [1.29, 1.82) is 0 Å². The fourth-order valence-electron chi connectivity index (χ4n) is 2.36. The lowest BCUT2D eigenvalue weighted by molar-refractivity contribution is -0.139. The molecule has 0 radical (unpaired) electrons. The van der Waals surface area contributed by atoms with Crippen LogP contribution in [0.1, 0.15) is 21.5 Å². The van der Waals surface area contributed by atoms with Gasteiger partial charge < -0.3 is 14.6 Å². The number of benzene rings is 1. The Kier molecular flexibility index (Phi) is 6.38. The molecule has 0 spiro atoms. The number of pyridine rings is 1. The van der Waals surface area contributed by atoms with Crippen LogP contribution in [-0.2, 0) is 28.7 Å². The molecule has 1 N–H and O–H groups in total. The molecule has 0 fully saturated rings. The number of hydrogen-bond acceptors (Lipinski definition) is 4. The smallest absolute Gasteiger partial charge is 0.421 e. The van der Waals surface area contributed by atoms with Gasteiger partial charge in [-0.25, -0.2) is 4.79 Å². The fraction of sp³-hybridized carbons (Fsp3) is 0.278. The predicted octanol–water partition coefficient (Wildman–Crippen LogP) is 2.01. The molecule has 1 amide bonds. The van der Waals surface area contributed by atoms with Gasteiger partial charge in [0.1, 0.15) is 12.1 Å². The van der Waals surface area contributed by atoms with Crippen LogP contribution in [0, 0.1) is 0 Å². The molecule has 0 aliphatic heterocycles. The van der Waals surface area contributed by atoms with Crippen molar-refractivity contribution < 1.29 is 27.5 Å². The molecule has 0 atom stereocenters. The molecule has 1 heterocycles. The molecular weight excluding hydrogens is 365 g/mol. The first-order valence-corrected chi connectivity index (χ1v) is 7.93. The van der Waals surface area contributed by atoms with E-state index < -0.39 is 35.7 Å². The van der Waals surface area contributed by atoms with Crippen molar-refractivity contribution in [2.75, 3.05) is 13.7 Å². The van der Waals surface area contributed by atoms with Gasteiger partial charge in [-0.15, -0.1) is 0 Å². The topological polar surface area (TPSA) is 77.4 Å². The Hall–Kier alpha value is -3.10. The van der Waals surface area contributed by atoms with E-state index in [1.165, 1.54) is 7.11 Å². The lowest BCUT2D eigenvalue weighted by Crippen LogP contribution is -2.35. The molecule has 6 nitrogen and oxygen atoms in total. The van der Waals surface area contributed by atoms with Crippen LogP contribution in [0.5, 0.6) is 0 Å². The molecule has 9 heteroatoms. The van der Waals surface area contributed by atoms with E-state index in [2.05, 4.69) is 10.1 Å². The summed E-state index contributed by atoms with van der Waals surface area (Å²) in [5.74, 6) is -1.04. The number of nitrogens with zero attached hydrogens (tertiary/aromatic N) is 1. The van der Waals surface area contributed by atoms with Crippen LogP contribution in [-0.4, -0.2) is 30.1 Å². The highest BCUT2D eigenvalue weighted by Crippen LogP contribution is 2.25. The molecule has 1 aromatic carbocycles. The molecule has 2 rings (SSSR count). The number of esters is 1. The first-order chi connectivity index (χ1) is 12.7. The van der Waals surface area contributed by atoms with E-state index in [9.17, 15) is 27.6 Å². The van der Waals surface area contributed by atoms with E-state index in [-0.39, 0.29) is 6.54 Å². The van der Waals surface area contributed by atoms with Crippen LogP contribution in [0.2, 0.25) is 0 Å². The number of amides is 1. The van der Waals surface area contributed by atoms with Crippen molar-refractivity contribution in [3.8, 4) is 0 Å². The van der Waals surface area contributed by atoms with Crippen LogP contribution in [0.15, 0.2) is 47.4 Å². The normalized spacial score (nSPS) is 11.1. The minimum atomic E-state index is -4.77. The van der Waals surface area contributed by atoms with Crippen LogP contribution in [0.4, 0.5) is 13.2 Å². The number of methoxy groups -OCH3 is 1. The Bertz CT molecular complexity index is 873. The molecule has 144 valence electrons. The van der Waals surface area contributed by atoms with Gasteiger partial charge in [0.2, 0.25) is 5.91 Å². The number of carbonyl (C=O) groups excluding carboxylic acids is 2. The number of alkyl halides is 3. The maximum absolute atomic E-state index is 12.7. The van der Waals surface area contributed by atoms with Crippen molar-refractivity contribution in [2.24, 2.45) is 0 Å². The summed E-state index contributed by atoms with van der Waals surface area (Å²) in [5, 5.41) is 2.54. The van der Waals surface area contributed by atoms with Crippen LogP contribution in [0.25, 0.3) is 0 Å². The van der Waals surface area contributed by atoms with Gasteiger partial charge in [0, 0.05) is 12.7 Å². The van der Waals surface area contributed by atoms with Gasteiger partial charge in [0.15, 0.2) is 0 Å². The SMILES string of the molecule is COC(=O)c1ccc(CCNC(=O)Cn2cccc(C(F)(F)F)c2=O)cc1. The minimum Gasteiger partial charge on any atom is -0.465 e. The summed E-state index contributed by atoms with van der Waals surface area (Å²) in [4.78, 5) is 35.0. The van der Waals surface area contributed by atoms with Gasteiger partial charge in [0.25, 0.3) is 5.56 Å². The second-order valence-electron chi connectivity index (χ2n) is 5.64. The molecule has 1 aromatic heterocycles. The highest BCUT2D eigenvalue weighted by Gasteiger charge is 2.34. The van der Waals surface area contributed by atoms with E-state index in [1.807, 2.05) is 0 Å². The number of aromatic nitrogens is 1. The molecule has 27 heavy (non-hydrogen) atoms. The molecule has 0 aliphatic rings. The van der Waals surface area contributed by atoms with Gasteiger partial charge in [-0.3, -0.25) is 9.59 Å². The molecule has 0 saturated carbocycles. The third-order valence-corrected chi connectivity index (χ3v) is 3.75. The van der Waals surface area contributed by atoms with Crippen LogP contribution < -0.4 is 10.9 Å². The Morgan fingerprint density at radius 1 is 1.15 bits per heavy atom. The van der Waals surface area contributed by atoms with E-state index in [0.29, 0.717) is 22.6 Å². The molecular formula is C18H17F3N2O4. The predicted molar refractivity (Wildman–Crippen MR) is 90.2 cm³/mol. The van der Waals surface area contributed by atoms with Crippen molar-refractivity contribution in [3.05, 3.63) is 69.6 Å². The Balaban J connectivity index is 1.90. The Morgan fingerprint density at radius 2 is 1.81 bits per heavy atom.